The smallest absolute Gasteiger partial charge is 0.191 e. The SMILES string of the molecule is CCNC(=NCc1nc2ccccc2n1C)NCC(C)(C)OC. The first-order valence-corrected chi connectivity index (χ1v) is 7.94. The molecule has 0 unspecified atom stereocenters. The van der Waals surface area contributed by atoms with Crippen LogP contribution in [0.4, 0.5) is 0 Å². The molecule has 2 rings (SSSR count). The lowest BCUT2D eigenvalue weighted by Crippen LogP contribution is -2.45. The molecule has 2 aromatic rings. The molecule has 0 spiro atoms. The molecule has 0 aliphatic rings. The molecular formula is C17H27N5O. The van der Waals surface area contributed by atoms with Gasteiger partial charge in [0.1, 0.15) is 12.4 Å². The van der Waals surface area contributed by atoms with Crippen LogP contribution in [0.15, 0.2) is 29.3 Å². The maximum absolute atomic E-state index is 5.43. The van der Waals surface area contributed by atoms with Gasteiger partial charge in [0, 0.05) is 27.2 Å². The predicted molar refractivity (Wildman–Crippen MR) is 94.6 cm³/mol. The summed E-state index contributed by atoms with van der Waals surface area (Å²) in [6, 6.07) is 8.11. The van der Waals surface area contributed by atoms with Crippen LogP contribution in [0.2, 0.25) is 0 Å². The molecule has 0 amide bonds. The van der Waals surface area contributed by atoms with E-state index >= 15 is 0 Å². The number of hydrogen-bond acceptors (Lipinski definition) is 3. The quantitative estimate of drug-likeness (QED) is 0.632. The van der Waals surface area contributed by atoms with Crippen molar-refractivity contribution in [1.82, 2.24) is 20.2 Å². The number of rotatable bonds is 6. The Labute approximate surface area is 138 Å². The number of aliphatic imine (C=N–C) groups is 1. The molecule has 0 aliphatic heterocycles. The molecule has 126 valence electrons. The third-order valence-electron chi connectivity index (χ3n) is 3.84. The number of guanidine groups is 1. The summed E-state index contributed by atoms with van der Waals surface area (Å²) in [6.07, 6.45) is 0. The van der Waals surface area contributed by atoms with Crippen molar-refractivity contribution >= 4 is 17.0 Å². The van der Waals surface area contributed by atoms with E-state index in [1.165, 1.54) is 0 Å². The van der Waals surface area contributed by atoms with Gasteiger partial charge in [0.2, 0.25) is 0 Å². The zero-order valence-electron chi connectivity index (χ0n) is 14.7. The minimum Gasteiger partial charge on any atom is -0.377 e. The number of nitrogens with one attached hydrogen (secondary N) is 2. The Balaban J connectivity index is 2.11. The van der Waals surface area contributed by atoms with Gasteiger partial charge in [-0.2, -0.15) is 0 Å². The molecule has 1 aromatic carbocycles. The highest BCUT2D eigenvalue weighted by atomic mass is 16.5. The van der Waals surface area contributed by atoms with Gasteiger partial charge in [-0.05, 0) is 32.9 Å². The van der Waals surface area contributed by atoms with Crippen LogP contribution in [-0.2, 0) is 18.3 Å². The van der Waals surface area contributed by atoms with Crippen LogP contribution in [-0.4, -0.2) is 41.3 Å². The van der Waals surface area contributed by atoms with Crippen LogP contribution >= 0.6 is 0 Å². The number of aryl methyl sites for hydroxylation is 1. The molecule has 0 saturated heterocycles. The van der Waals surface area contributed by atoms with E-state index in [1.807, 2.05) is 46.0 Å². The number of fused-ring (bicyclic) bond motifs is 1. The van der Waals surface area contributed by atoms with Crippen LogP contribution in [0.3, 0.4) is 0 Å². The number of imidazole rings is 1. The number of nitrogens with zero attached hydrogens (tertiary/aromatic N) is 3. The zero-order chi connectivity index (χ0) is 16.9. The molecule has 2 N–H and O–H groups in total. The van der Waals surface area contributed by atoms with Crippen LogP contribution < -0.4 is 10.6 Å². The van der Waals surface area contributed by atoms with Crippen LogP contribution in [0.5, 0.6) is 0 Å². The molecule has 1 heterocycles. The van der Waals surface area contributed by atoms with Gasteiger partial charge in [-0.25, -0.2) is 9.98 Å². The first kappa shape index (κ1) is 17.3. The minimum atomic E-state index is -0.242. The highest BCUT2D eigenvalue weighted by molar-refractivity contribution is 5.80. The molecule has 1 aromatic heterocycles. The summed E-state index contributed by atoms with van der Waals surface area (Å²) >= 11 is 0. The highest BCUT2D eigenvalue weighted by Gasteiger charge is 2.16. The Morgan fingerprint density at radius 3 is 2.70 bits per heavy atom. The second kappa shape index (κ2) is 7.46. The Hall–Kier alpha value is -2.08. The highest BCUT2D eigenvalue weighted by Crippen LogP contribution is 2.14. The van der Waals surface area contributed by atoms with Crippen molar-refractivity contribution in [3.05, 3.63) is 30.1 Å². The zero-order valence-corrected chi connectivity index (χ0v) is 14.7. The van der Waals surface area contributed by atoms with E-state index in [0.29, 0.717) is 13.1 Å². The second-order valence-electron chi connectivity index (χ2n) is 6.09. The summed E-state index contributed by atoms with van der Waals surface area (Å²) in [5, 5.41) is 6.56. The molecular weight excluding hydrogens is 290 g/mol. The maximum Gasteiger partial charge on any atom is 0.191 e. The van der Waals surface area contributed by atoms with E-state index < -0.39 is 0 Å². The maximum atomic E-state index is 5.43. The van der Waals surface area contributed by atoms with E-state index in [1.54, 1.807) is 7.11 Å². The summed E-state index contributed by atoms with van der Waals surface area (Å²) in [6.45, 7) is 8.13. The summed E-state index contributed by atoms with van der Waals surface area (Å²) in [5.74, 6) is 1.71. The fourth-order valence-corrected chi connectivity index (χ4v) is 2.20. The Morgan fingerprint density at radius 1 is 1.30 bits per heavy atom. The van der Waals surface area contributed by atoms with Crippen molar-refractivity contribution in [1.29, 1.82) is 0 Å². The van der Waals surface area contributed by atoms with E-state index in [0.717, 1.165) is 29.4 Å². The molecule has 0 radical (unpaired) electrons. The van der Waals surface area contributed by atoms with E-state index in [2.05, 4.69) is 31.2 Å². The van der Waals surface area contributed by atoms with Crippen molar-refractivity contribution in [2.24, 2.45) is 12.0 Å². The largest absolute Gasteiger partial charge is 0.377 e. The topological polar surface area (TPSA) is 63.5 Å². The number of hydrogen-bond donors (Lipinski definition) is 2. The summed E-state index contributed by atoms with van der Waals surface area (Å²) in [7, 11) is 3.74. The van der Waals surface area contributed by atoms with Gasteiger partial charge in [0.25, 0.3) is 0 Å². The fourth-order valence-electron chi connectivity index (χ4n) is 2.20. The molecule has 0 fully saturated rings. The molecule has 0 bridgehead atoms. The van der Waals surface area contributed by atoms with Gasteiger partial charge in [0.05, 0.1) is 16.6 Å². The van der Waals surface area contributed by atoms with Gasteiger partial charge < -0.3 is 19.9 Å². The number of aromatic nitrogens is 2. The molecule has 0 atom stereocenters. The van der Waals surface area contributed by atoms with Crippen LogP contribution in [0.1, 0.15) is 26.6 Å². The molecule has 6 heteroatoms. The average Bonchev–Trinajstić information content (AvgIpc) is 2.87. The average molecular weight is 317 g/mol. The van der Waals surface area contributed by atoms with E-state index in [-0.39, 0.29) is 5.60 Å². The Kier molecular flexibility index (Phi) is 5.60. The van der Waals surface area contributed by atoms with E-state index in [4.69, 9.17) is 4.74 Å². The van der Waals surface area contributed by atoms with Gasteiger partial charge in [-0.1, -0.05) is 12.1 Å². The number of methoxy groups -OCH3 is 1. The summed E-state index contributed by atoms with van der Waals surface area (Å²) in [5.41, 5.74) is 1.88. The van der Waals surface area contributed by atoms with Crippen molar-refractivity contribution in [2.75, 3.05) is 20.2 Å². The second-order valence-corrected chi connectivity index (χ2v) is 6.09. The lowest BCUT2D eigenvalue weighted by Gasteiger charge is -2.24. The molecule has 23 heavy (non-hydrogen) atoms. The summed E-state index contributed by atoms with van der Waals surface area (Å²) < 4.78 is 7.51. The first-order chi connectivity index (χ1) is 11.0. The number of ether oxygens (including phenoxy) is 1. The third-order valence-corrected chi connectivity index (χ3v) is 3.84. The summed E-state index contributed by atoms with van der Waals surface area (Å²) in [4.78, 5) is 9.28. The lowest BCUT2D eigenvalue weighted by atomic mass is 10.1. The van der Waals surface area contributed by atoms with Crippen LogP contribution in [0, 0.1) is 0 Å². The van der Waals surface area contributed by atoms with Gasteiger partial charge in [0.15, 0.2) is 5.96 Å². The lowest BCUT2D eigenvalue weighted by molar-refractivity contribution is 0.0268. The first-order valence-electron chi connectivity index (χ1n) is 7.94. The van der Waals surface area contributed by atoms with Crippen molar-refractivity contribution in [2.45, 2.75) is 32.9 Å². The number of para-hydroxylation sites is 2. The monoisotopic (exact) mass is 317 g/mol. The fraction of sp³-hybridized carbons (Fsp3) is 0.529. The predicted octanol–water partition coefficient (Wildman–Crippen LogP) is 2.05. The number of benzene rings is 1. The third kappa shape index (κ3) is 4.45. The van der Waals surface area contributed by atoms with Gasteiger partial charge >= 0.3 is 0 Å². The van der Waals surface area contributed by atoms with Crippen molar-refractivity contribution in [3.8, 4) is 0 Å². The minimum absolute atomic E-state index is 0.242. The Bertz CT molecular complexity index is 675. The normalized spacial score (nSPS) is 12.7. The van der Waals surface area contributed by atoms with E-state index in [9.17, 15) is 0 Å². The standard InChI is InChI=1S/C17H27N5O/c1-6-18-16(20-12-17(2,3)23-5)19-11-15-21-13-9-7-8-10-14(13)22(15)4/h7-10H,6,11-12H2,1-5H3,(H2,18,19,20). The van der Waals surface area contributed by atoms with Crippen LogP contribution in [0.25, 0.3) is 11.0 Å². The molecule has 6 nitrogen and oxygen atoms in total. The molecule has 0 aliphatic carbocycles. The Morgan fingerprint density at radius 2 is 2.04 bits per heavy atom. The van der Waals surface area contributed by atoms with Gasteiger partial charge in [-0.15, -0.1) is 0 Å². The van der Waals surface area contributed by atoms with Crippen molar-refractivity contribution in [3.63, 3.8) is 0 Å². The van der Waals surface area contributed by atoms with Gasteiger partial charge in [-0.3, -0.25) is 0 Å². The van der Waals surface area contributed by atoms with Crippen molar-refractivity contribution < 1.29 is 4.74 Å². The molecule has 0 saturated carbocycles.